The van der Waals surface area contributed by atoms with Crippen LogP contribution in [0.15, 0.2) is 12.1 Å². The van der Waals surface area contributed by atoms with E-state index in [0.717, 1.165) is 12.4 Å². The fourth-order valence-corrected chi connectivity index (χ4v) is 1.60. The number of ether oxygens (including phenoxy) is 1. The molecule has 1 aromatic heterocycles. The summed E-state index contributed by atoms with van der Waals surface area (Å²) >= 11 is 0. The van der Waals surface area contributed by atoms with E-state index in [4.69, 9.17) is 10.5 Å². The van der Waals surface area contributed by atoms with Gasteiger partial charge in [-0.15, -0.1) is 0 Å². The lowest BCUT2D eigenvalue weighted by Crippen LogP contribution is -2.14. The first-order chi connectivity index (χ1) is 8.48. The molecular formula is C14H23N3O. The van der Waals surface area contributed by atoms with E-state index in [2.05, 4.69) is 31.1 Å². The number of hydrogen-bond donors (Lipinski definition) is 2. The van der Waals surface area contributed by atoms with Crippen LogP contribution in [0.25, 0.3) is 0 Å². The average molecular weight is 249 g/mol. The van der Waals surface area contributed by atoms with Gasteiger partial charge in [0.15, 0.2) is 0 Å². The molecular weight excluding hydrogens is 226 g/mol. The minimum atomic E-state index is 0.460. The van der Waals surface area contributed by atoms with Gasteiger partial charge >= 0.3 is 0 Å². The Balaban J connectivity index is 1.96. The lowest BCUT2D eigenvalue weighted by molar-refractivity contribution is 0.263. The molecule has 0 aliphatic heterocycles. The van der Waals surface area contributed by atoms with E-state index in [9.17, 15) is 0 Å². The number of nitrogens with one attached hydrogen (secondary N) is 1. The summed E-state index contributed by atoms with van der Waals surface area (Å²) in [7, 11) is 0. The first-order valence-electron chi connectivity index (χ1n) is 6.62. The van der Waals surface area contributed by atoms with Crippen molar-refractivity contribution in [1.82, 2.24) is 4.98 Å². The van der Waals surface area contributed by atoms with Gasteiger partial charge in [-0.3, -0.25) is 0 Å². The summed E-state index contributed by atoms with van der Waals surface area (Å²) in [6, 6.07) is 3.75. The number of rotatable bonds is 6. The molecule has 1 fully saturated rings. The summed E-state index contributed by atoms with van der Waals surface area (Å²) in [4.78, 5) is 4.42. The zero-order valence-corrected chi connectivity index (χ0v) is 11.5. The number of aromatic nitrogens is 1. The lowest BCUT2D eigenvalue weighted by Gasteiger charge is -2.14. The molecule has 0 atom stereocenters. The van der Waals surface area contributed by atoms with Crippen molar-refractivity contribution in [2.45, 2.75) is 33.6 Å². The van der Waals surface area contributed by atoms with E-state index < -0.39 is 0 Å². The molecule has 0 radical (unpaired) electrons. The standard InChI is InChI=1S/C14H23N3O/c1-10(2)8-18-13-11(15)4-5-12(17-13)16-9-14(3)6-7-14/h4-5,10H,6-9,15H2,1-3H3,(H,16,17). The molecule has 0 aromatic carbocycles. The molecule has 2 rings (SSSR count). The Morgan fingerprint density at radius 1 is 1.44 bits per heavy atom. The number of nitrogen functional groups attached to an aromatic ring is 1. The lowest BCUT2D eigenvalue weighted by atomic mass is 10.1. The van der Waals surface area contributed by atoms with E-state index in [1.165, 1.54) is 12.8 Å². The molecule has 4 heteroatoms. The number of nitrogens with two attached hydrogens (primary N) is 1. The minimum absolute atomic E-state index is 0.460. The van der Waals surface area contributed by atoms with Crippen LogP contribution < -0.4 is 15.8 Å². The first-order valence-corrected chi connectivity index (χ1v) is 6.62. The summed E-state index contributed by atoms with van der Waals surface area (Å²) in [6.07, 6.45) is 2.59. The van der Waals surface area contributed by atoms with Gasteiger partial charge in [0.25, 0.3) is 0 Å². The van der Waals surface area contributed by atoms with E-state index in [0.29, 0.717) is 29.5 Å². The van der Waals surface area contributed by atoms with Crippen LogP contribution >= 0.6 is 0 Å². The second kappa shape index (κ2) is 5.04. The Morgan fingerprint density at radius 3 is 2.78 bits per heavy atom. The highest BCUT2D eigenvalue weighted by Crippen LogP contribution is 2.44. The number of hydrogen-bond acceptors (Lipinski definition) is 4. The molecule has 1 heterocycles. The van der Waals surface area contributed by atoms with Crippen LogP contribution in [0.5, 0.6) is 5.88 Å². The van der Waals surface area contributed by atoms with Crippen molar-refractivity contribution in [2.75, 3.05) is 24.2 Å². The van der Waals surface area contributed by atoms with Gasteiger partial charge in [0.1, 0.15) is 5.82 Å². The van der Waals surface area contributed by atoms with Crippen LogP contribution in [-0.4, -0.2) is 18.1 Å². The molecule has 1 aliphatic carbocycles. The molecule has 0 bridgehead atoms. The van der Waals surface area contributed by atoms with Crippen LogP contribution in [0.1, 0.15) is 33.6 Å². The largest absolute Gasteiger partial charge is 0.476 e. The van der Waals surface area contributed by atoms with Gasteiger partial charge in [-0.1, -0.05) is 20.8 Å². The van der Waals surface area contributed by atoms with Gasteiger partial charge < -0.3 is 15.8 Å². The third-order valence-corrected chi connectivity index (χ3v) is 3.24. The summed E-state index contributed by atoms with van der Waals surface area (Å²) in [5, 5.41) is 3.36. The molecule has 0 amide bonds. The van der Waals surface area contributed by atoms with E-state index in [1.54, 1.807) is 0 Å². The van der Waals surface area contributed by atoms with Crippen LogP contribution in [0, 0.1) is 11.3 Å². The zero-order chi connectivity index (χ0) is 13.2. The summed E-state index contributed by atoms with van der Waals surface area (Å²) in [6.45, 7) is 8.10. The molecule has 100 valence electrons. The SMILES string of the molecule is CC(C)COc1nc(NCC2(C)CC2)ccc1N. The normalized spacial score (nSPS) is 16.7. The Hall–Kier alpha value is -1.45. The maximum Gasteiger partial charge on any atom is 0.239 e. The fraction of sp³-hybridized carbons (Fsp3) is 0.643. The van der Waals surface area contributed by atoms with Crippen molar-refractivity contribution >= 4 is 11.5 Å². The van der Waals surface area contributed by atoms with E-state index >= 15 is 0 Å². The van der Waals surface area contributed by atoms with Gasteiger partial charge in [-0.2, -0.15) is 4.98 Å². The summed E-state index contributed by atoms with van der Waals surface area (Å²) in [5.41, 5.74) is 6.91. The quantitative estimate of drug-likeness (QED) is 0.813. The topological polar surface area (TPSA) is 60.2 Å². The maximum atomic E-state index is 5.85. The van der Waals surface area contributed by atoms with Gasteiger partial charge in [0, 0.05) is 6.54 Å². The van der Waals surface area contributed by atoms with E-state index in [1.807, 2.05) is 12.1 Å². The Morgan fingerprint density at radius 2 is 2.17 bits per heavy atom. The molecule has 3 N–H and O–H groups in total. The van der Waals surface area contributed by atoms with Gasteiger partial charge in [-0.05, 0) is 36.3 Å². The highest BCUT2D eigenvalue weighted by Gasteiger charge is 2.36. The van der Waals surface area contributed by atoms with Crippen molar-refractivity contribution in [3.05, 3.63) is 12.1 Å². The number of pyridine rings is 1. The van der Waals surface area contributed by atoms with Crippen molar-refractivity contribution in [1.29, 1.82) is 0 Å². The molecule has 1 aliphatic rings. The monoisotopic (exact) mass is 249 g/mol. The molecule has 0 saturated heterocycles. The van der Waals surface area contributed by atoms with Crippen LogP contribution in [0.2, 0.25) is 0 Å². The fourth-order valence-electron chi connectivity index (χ4n) is 1.60. The zero-order valence-electron chi connectivity index (χ0n) is 11.5. The van der Waals surface area contributed by atoms with Crippen molar-refractivity contribution < 1.29 is 4.74 Å². The van der Waals surface area contributed by atoms with Gasteiger partial charge in [-0.25, -0.2) is 0 Å². The molecule has 0 unspecified atom stereocenters. The second-order valence-electron chi connectivity index (χ2n) is 5.96. The predicted molar refractivity (Wildman–Crippen MR) is 74.8 cm³/mol. The predicted octanol–water partition coefficient (Wildman–Crippen LogP) is 2.91. The van der Waals surface area contributed by atoms with E-state index in [-0.39, 0.29) is 0 Å². The van der Waals surface area contributed by atoms with Crippen molar-refractivity contribution in [2.24, 2.45) is 11.3 Å². The highest BCUT2D eigenvalue weighted by molar-refractivity contribution is 5.53. The molecule has 1 saturated carbocycles. The molecule has 4 nitrogen and oxygen atoms in total. The Kier molecular flexibility index (Phi) is 3.64. The van der Waals surface area contributed by atoms with Crippen molar-refractivity contribution in [3.8, 4) is 5.88 Å². The molecule has 1 aromatic rings. The van der Waals surface area contributed by atoms with Gasteiger partial charge in [0.2, 0.25) is 5.88 Å². The smallest absolute Gasteiger partial charge is 0.239 e. The Bertz CT molecular complexity index is 414. The molecule has 18 heavy (non-hydrogen) atoms. The first kappa shape index (κ1) is 13.0. The number of nitrogens with zero attached hydrogens (tertiary/aromatic N) is 1. The summed E-state index contributed by atoms with van der Waals surface area (Å²) < 4.78 is 5.61. The van der Waals surface area contributed by atoms with Crippen LogP contribution in [0.3, 0.4) is 0 Å². The van der Waals surface area contributed by atoms with Crippen LogP contribution in [-0.2, 0) is 0 Å². The van der Waals surface area contributed by atoms with Gasteiger partial charge in [0.05, 0.1) is 12.3 Å². The summed E-state index contributed by atoms with van der Waals surface area (Å²) in [5.74, 6) is 1.85. The third kappa shape index (κ3) is 3.52. The number of anilines is 2. The molecule has 0 spiro atoms. The van der Waals surface area contributed by atoms with Crippen LogP contribution in [0.4, 0.5) is 11.5 Å². The average Bonchev–Trinajstić information content (AvgIpc) is 3.05. The second-order valence-corrected chi connectivity index (χ2v) is 5.96. The Labute approximate surface area is 109 Å². The third-order valence-electron chi connectivity index (χ3n) is 3.24. The highest BCUT2D eigenvalue weighted by atomic mass is 16.5. The van der Waals surface area contributed by atoms with Crippen molar-refractivity contribution in [3.63, 3.8) is 0 Å². The maximum absolute atomic E-state index is 5.85. The minimum Gasteiger partial charge on any atom is -0.476 e.